The number of hydrogen-bond acceptors (Lipinski definition) is 2. The Bertz CT molecular complexity index is 599. The summed E-state index contributed by atoms with van der Waals surface area (Å²) in [5.74, 6) is 0.619. The van der Waals surface area contributed by atoms with Crippen molar-refractivity contribution in [1.82, 2.24) is 4.57 Å². The second kappa shape index (κ2) is 5.05. The van der Waals surface area contributed by atoms with Crippen LogP contribution in [0.5, 0.6) is 5.75 Å². The number of fused-ring (bicyclic) bond motifs is 1. The molecule has 3 nitrogen and oxygen atoms in total. The Hall–Kier alpha value is -1.81. The molecule has 0 bridgehead atoms. The summed E-state index contributed by atoms with van der Waals surface area (Å²) in [5.41, 5.74) is 0. The molecule has 0 heterocycles. The fourth-order valence-corrected chi connectivity index (χ4v) is 2.31. The molecular formula is C15H19NO2Si. The van der Waals surface area contributed by atoms with E-state index in [2.05, 4.69) is 19.6 Å². The first-order valence-electron chi connectivity index (χ1n) is 6.33. The van der Waals surface area contributed by atoms with E-state index in [4.69, 9.17) is 4.74 Å². The van der Waals surface area contributed by atoms with Crippen LogP contribution in [0.1, 0.15) is 0 Å². The van der Waals surface area contributed by atoms with E-state index in [-0.39, 0.29) is 6.09 Å². The first-order chi connectivity index (χ1) is 8.89. The zero-order chi connectivity index (χ0) is 14.0. The normalized spacial score (nSPS) is 11.4. The van der Waals surface area contributed by atoms with E-state index >= 15 is 0 Å². The maximum absolute atomic E-state index is 12.1. The number of nitrogens with zero attached hydrogens (tertiary/aromatic N) is 1. The van der Waals surface area contributed by atoms with Gasteiger partial charge in [0.05, 0.1) is 0 Å². The molecule has 2 rings (SSSR count). The Kier molecular flexibility index (Phi) is 3.62. The zero-order valence-electron chi connectivity index (χ0n) is 11.8. The summed E-state index contributed by atoms with van der Waals surface area (Å²) in [6.45, 7) is 6.33. The van der Waals surface area contributed by atoms with Crippen molar-refractivity contribution in [3.63, 3.8) is 0 Å². The van der Waals surface area contributed by atoms with Gasteiger partial charge in [0.1, 0.15) is 5.75 Å². The van der Waals surface area contributed by atoms with Gasteiger partial charge in [-0.25, -0.2) is 4.79 Å². The van der Waals surface area contributed by atoms with Crippen molar-refractivity contribution in [2.75, 3.05) is 7.05 Å². The quantitative estimate of drug-likeness (QED) is 0.771. The highest BCUT2D eigenvalue weighted by Gasteiger charge is 2.26. The molecule has 0 aliphatic rings. The Morgan fingerprint density at radius 2 is 1.68 bits per heavy atom. The summed E-state index contributed by atoms with van der Waals surface area (Å²) in [7, 11) is 0.119. The fourth-order valence-electron chi connectivity index (χ4n) is 1.72. The van der Waals surface area contributed by atoms with Gasteiger partial charge in [-0.05, 0) is 11.5 Å². The number of ether oxygens (including phenoxy) is 1. The van der Waals surface area contributed by atoms with Crippen LogP contribution in [0, 0.1) is 0 Å². The molecule has 0 spiro atoms. The molecule has 0 atom stereocenters. The van der Waals surface area contributed by atoms with E-state index in [0.29, 0.717) is 5.75 Å². The molecule has 0 saturated carbocycles. The van der Waals surface area contributed by atoms with Gasteiger partial charge in [-0.15, -0.1) is 0 Å². The van der Waals surface area contributed by atoms with Crippen LogP contribution in [0.2, 0.25) is 19.6 Å². The van der Waals surface area contributed by atoms with Crippen LogP contribution in [0.3, 0.4) is 0 Å². The minimum absolute atomic E-state index is 0.282. The summed E-state index contributed by atoms with van der Waals surface area (Å²) < 4.78 is 7.27. The maximum atomic E-state index is 12.1. The molecule has 0 aliphatic carbocycles. The van der Waals surface area contributed by atoms with Gasteiger partial charge >= 0.3 is 6.09 Å². The Morgan fingerprint density at radius 3 is 2.37 bits per heavy atom. The minimum atomic E-state index is -1.69. The van der Waals surface area contributed by atoms with Crippen LogP contribution in [-0.4, -0.2) is 25.9 Å². The molecule has 0 radical (unpaired) electrons. The Morgan fingerprint density at radius 1 is 1.05 bits per heavy atom. The van der Waals surface area contributed by atoms with Crippen LogP contribution in [0.4, 0.5) is 4.79 Å². The highest BCUT2D eigenvalue weighted by atomic mass is 28.3. The molecule has 2 aromatic rings. The van der Waals surface area contributed by atoms with Crippen molar-refractivity contribution in [3.05, 3.63) is 42.5 Å². The maximum Gasteiger partial charge on any atom is 0.406 e. The highest BCUT2D eigenvalue weighted by molar-refractivity contribution is 6.75. The van der Waals surface area contributed by atoms with Gasteiger partial charge in [-0.3, -0.25) is 0 Å². The van der Waals surface area contributed by atoms with Crippen molar-refractivity contribution in [1.29, 1.82) is 0 Å². The number of amides is 1. The lowest BCUT2D eigenvalue weighted by atomic mass is 10.1. The summed E-state index contributed by atoms with van der Waals surface area (Å²) >= 11 is 0. The first-order valence-corrected chi connectivity index (χ1v) is 9.78. The monoisotopic (exact) mass is 273 g/mol. The average Bonchev–Trinajstić information content (AvgIpc) is 2.37. The van der Waals surface area contributed by atoms with Crippen molar-refractivity contribution in [3.8, 4) is 5.75 Å². The summed E-state index contributed by atoms with van der Waals surface area (Å²) in [5, 5.41) is 2.03. The van der Waals surface area contributed by atoms with E-state index in [1.165, 1.54) is 0 Å². The molecule has 19 heavy (non-hydrogen) atoms. The standard InChI is InChI=1S/C15H19NO2Si/c1-16(19(2,3)4)15(17)18-14-11-7-9-12-8-5-6-10-13(12)14/h5-11H,1-4H3. The SMILES string of the molecule is CN(C(=O)Oc1cccc2ccccc12)[Si](C)(C)C. The average molecular weight is 273 g/mol. The predicted octanol–water partition coefficient (Wildman–Crippen LogP) is 4.11. The fraction of sp³-hybridized carbons (Fsp3) is 0.267. The summed E-state index contributed by atoms with van der Waals surface area (Å²) in [6, 6.07) is 13.6. The van der Waals surface area contributed by atoms with Gasteiger partial charge < -0.3 is 9.30 Å². The number of benzene rings is 2. The number of hydrogen-bond donors (Lipinski definition) is 0. The van der Waals surface area contributed by atoms with Crippen LogP contribution < -0.4 is 4.74 Å². The summed E-state index contributed by atoms with van der Waals surface area (Å²) in [4.78, 5) is 12.1. The smallest absolute Gasteiger partial charge is 0.406 e. The van der Waals surface area contributed by atoms with Gasteiger partial charge in [0, 0.05) is 12.4 Å². The van der Waals surface area contributed by atoms with Crippen LogP contribution in [0.15, 0.2) is 42.5 Å². The lowest BCUT2D eigenvalue weighted by Gasteiger charge is -2.29. The van der Waals surface area contributed by atoms with Crippen LogP contribution in [-0.2, 0) is 0 Å². The largest absolute Gasteiger partial charge is 0.410 e. The van der Waals surface area contributed by atoms with Gasteiger partial charge in [0.15, 0.2) is 8.24 Å². The van der Waals surface area contributed by atoms with Crippen LogP contribution in [0.25, 0.3) is 10.8 Å². The zero-order valence-corrected chi connectivity index (χ0v) is 12.8. The highest BCUT2D eigenvalue weighted by Crippen LogP contribution is 2.26. The van der Waals surface area contributed by atoms with Gasteiger partial charge in [-0.2, -0.15) is 0 Å². The predicted molar refractivity (Wildman–Crippen MR) is 81.1 cm³/mol. The van der Waals surface area contributed by atoms with Crippen molar-refractivity contribution >= 4 is 25.1 Å². The van der Waals surface area contributed by atoms with Gasteiger partial charge in [0.2, 0.25) is 0 Å². The molecule has 100 valence electrons. The second-order valence-electron chi connectivity index (χ2n) is 5.58. The van der Waals surface area contributed by atoms with E-state index < -0.39 is 8.24 Å². The molecule has 4 heteroatoms. The first kappa shape index (κ1) is 13.6. The van der Waals surface area contributed by atoms with Crippen molar-refractivity contribution in [2.24, 2.45) is 0 Å². The molecule has 1 amide bonds. The van der Waals surface area contributed by atoms with E-state index in [0.717, 1.165) is 10.8 Å². The number of rotatable bonds is 2. The lowest BCUT2D eigenvalue weighted by molar-refractivity contribution is 0.183. The second-order valence-corrected chi connectivity index (χ2v) is 10.6. The molecule has 0 fully saturated rings. The molecule has 0 unspecified atom stereocenters. The molecule has 0 N–H and O–H groups in total. The topological polar surface area (TPSA) is 29.5 Å². The van der Waals surface area contributed by atoms with Crippen molar-refractivity contribution < 1.29 is 9.53 Å². The van der Waals surface area contributed by atoms with Crippen molar-refractivity contribution in [2.45, 2.75) is 19.6 Å². The molecule has 2 aromatic carbocycles. The molecular weight excluding hydrogens is 254 g/mol. The van der Waals surface area contributed by atoms with E-state index in [9.17, 15) is 4.79 Å². The van der Waals surface area contributed by atoms with Crippen LogP contribution >= 0.6 is 0 Å². The molecule has 0 aromatic heterocycles. The summed E-state index contributed by atoms with van der Waals surface area (Å²) in [6.07, 6.45) is -0.282. The third kappa shape index (κ3) is 2.96. The minimum Gasteiger partial charge on any atom is -0.410 e. The Labute approximate surface area is 114 Å². The third-order valence-electron chi connectivity index (χ3n) is 3.23. The number of carbonyl (C=O) groups is 1. The van der Waals surface area contributed by atoms with E-state index in [1.807, 2.05) is 42.5 Å². The molecule has 0 aliphatic heterocycles. The molecule has 0 saturated heterocycles. The van der Waals surface area contributed by atoms with Gasteiger partial charge in [-0.1, -0.05) is 56.0 Å². The van der Waals surface area contributed by atoms with E-state index in [1.54, 1.807) is 11.6 Å². The Balaban J connectivity index is 2.29. The van der Waals surface area contributed by atoms with Gasteiger partial charge in [0.25, 0.3) is 0 Å². The number of carbonyl (C=O) groups excluding carboxylic acids is 1. The third-order valence-corrected chi connectivity index (χ3v) is 5.42. The lowest BCUT2D eigenvalue weighted by Crippen LogP contribution is -2.48.